The molecule has 0 fully saturated rings. The number of carbonyl (C=O) groups is 1. The zero-order valence-corrected chi connectivity index (χ0v) is 11.2. The van der Waals surface area contributed by atoms with E-state index in [1.165, 1.54) is 0 Å². The quantitative estimate of drug-likeness (QED) is 0.859. The van der Waals surface area contributed by atoms with E-state index in [-0.39, 0.29) is 11.7 Å². The highest BCUT2D eigenvalue weighted by atomic mass is 16.3. The van der Waals surface area contributed by atoms with Crippen LogP contribution >= 0.6 is 0 Å². The highest BCUT2D eigenvalue weighted by Crippen LogP contribution is 2.36. The molecule has 0 spiro atoms. The van der Waals surface area contributed by atoms with Gasteiger partial charge in [-0.3, -0.25) is 9.69 Å². The zero-order chi connectivity index (χ0) is 14.1. The molecule has 0 aromatic heterocycles. The molecule has 0 radical (unpaired) electrons. The summed E-state index contributed by atoms with van der Waals surface area (Å²) < 4.78 is 0. The van der Waals surface area contributed by atoms with Gasteiger partial charge in [0.25, 0.3) is 0 Å². The Labute approximate surface area is 117 Å². The number of carbonyl (C=O) groups excluding carboxylic acids is 1. The Kier molecular flexibility index (Phi) is 3.03. The Morgan fingerprint density at radius 1 is 1.15 bits per heavy atom. The number of amides is 1. The number of benzene rings is 2. The maximum Gasteiger partial charge on any atom is 0.228 e. The molecule has 3 rings (SSSR count). The lowest BCUT2D eigenvalue weighted by Crippen LogP contribution is -2.24. The van der Waals surface area contributed by atoms with Crippen molar-refractivity contribution in [3.8, 4) is 5.75 Å². The molecule has 2 aromatic carbocycles. The van der Waals surface area contributed by atoms with Crippen LogP contribution in [0.2, 0.25) is 0 Å². The maximum absolute atomic E-state index is 11.9. The molecular formula is C17H15NO2. The predicted molar refractivity (Wildman–Crippen MR) is 79.4 cm³/mol. The lowest BCUT2D eigenvalue weighted by atomic mass is 10.1. The Balaban J connectivity index is 2.08. The van der Waals surface area contributed by atoms with E-state index >= 15 is 0 Å². The average Bonchev–Trinajstić information content (AvgIpc) is 2.79. The first-order chi connectivity index (χ1) is 9.66. The topological polar surface area (TPSA) is 40.5 Å². The van der Waals surface area contributed by atoms with E-state index in [2.05, 4.69) is 0 Å². The molecule has 0 atom stereocenters. The third-order valence-electron chi connectivity index (χ3n) is 3.47. The summed E-state index contributed by atoms with van der Waals surface area (Å²) >= 11 is 0. The number of fused-ring (bicyclic) bond motifs is 1. The fourth-order valence-electron chi connectivity index (χ4n) is 2.58. The molecule has 1 aliphatic heterocycles. The minimum Gasteiger partial charge on any atom is -0.507 e. The van der Waals surface area contributed by atoms with Gasteiger partial charge in [0.1, 0.15) is 5.75 Å². The molecule has 1 amide bonds. The van der Waals surface area contributed by atoms with Crippen LogP contribution in [0.4, 0.5) is 5.69 Å². The number of hydrogen-bond acceptors (Lipinski definition) is 2. The van der Waals surface area contributed by atoms with Crippen LogP contribution in [0.25, 0.3) is 6.08 Å². The molecule has 1 aliphatic rings. The monoisotopic (exact) mass is 265 g/mol. The first kappa shape index (κ1) is 12.5. The molecule has 3 heteroatoms. The summed E-state index contributed by atoms with van der Waals surface area (Å²) in [5, 5.41) is 9.86. The van der Waals surface area contributed by atoms with E-state index in [4.69, 9.17) is 0 Å². The second kappa shape index (κ2) is 4.85. The molecule has 0 bridgehead atoms. The molecule has 0 saturated carbocycles. The van der Waals surface area contributed by atoms with E-state index in [9.17, 15) is 9.90 Å². The Morgan fingerprint density at radius 3 is 2.60 bits per heavy atom. The van der Waals surface area contributed by atoms with Gasteiger partial charge in [-0.15, -0.1) is 0 Å². The Hall–Kier alpha value is -2.55. The van der Waals surface area contributed by atoms with Gasteiger partial charge >= 0.3 is 0 Å². The lowest BCUT2D eigenvalue weighted by Gasteiger charge is -2.17. The second-order valence-electron chi connectivity index (χ2n) is 4.85. The molecule has 2 aromatic rings. The largest absolute Gasteiger partial charge is 0.507 e. The van der Waals surface area contributed by atoms with E-state index in [1.807, 2.05) is 42.5 Å². The number of para-hydroxylation sites is 2. The van der Waals surface area contributed by atoms with Gasteiger partial charge in [-0.05, 0) is 23.8 Å². The number of nitrogens with zero attached hydrogens (tertiary/aromatic N) is 1. The van der Waals surface area contributed by atoms with Gasteiger partial charge in [-0.1, -0.05) is 36.4 Å². The smallest absolute Gasteiger partial charge is 0.228 e. The van der Waals surface area contributed by atoms with E-state index < -0.39 is 0 Å². The standard InChI is InChI=1S/C17H15NO2/c1-12(19)18-15(10-13-6-2-4-8-16(13)18)11-14-7-3-5-9-17(14)20/h2-9,11,20H,10H2,1H3/b15-11-. The van der Waals surface area contributed by atoms with Crippen molar-refractivity contribution in [3.05, 3.63) is 65.4 Å². The number of anilines is 1. The second-order valence-corrected chi connectivity index (χ2v) is 4.85. The van der Waals surface area contributed by atoms with E-state index in [1.54, 1.807) is 24.0 Å². The Morgan fingerprint density at radius 2 is 1.85 bits per heavy atom. The Bertz CT molecular complexity index is 704. The first-order valence-electron chi connectivity index (χ1n) is 6.54. The SMILES string of the molecule is CC(=O)N1/C(=C\c2ccccc2O)Cc2ccccc21. The number of hydrogen-bond donors (Lipinski definition) is 1. The first-order valence-corrected chi connectivity index (χ1v) is 6.54. The van der Waals surface area contributed by atoms with Crippen LogP contribution in [-0.4, -0.2) is 11.0 Å². The van der Waals surface area contributed by atoms with E-state index in [0.29, 0.717) is 6.42 Å². The highest BCUT2D eigenvalue weighted by Gasteiger charge is 2.26. The summed E-state index contributed by atoms with van der Waals surface area (Å²) in [5.74, 6) is 0.205. The van der Waals surface area contributed by atoms with Crippen molar-refractivity contribution in [2.24, 2.45) is 0 Å². The number of allylic oxidation sites excluding steroid dienone is 1. The number of aromatic hydroxyl groups is 1. The van der Waals surface area contributed by atoms with Gasteiger partial charge in [-0.2, -0.15) is 0 Å². The summed E-state index contributed by atoms with van der Waals surface area (Å²) in [4.78, 5) is 13.6. The molecule has 100 valence electrons. The molecular weight excluding hydrogens is 250 g/mol. The van der Waals surface area contributed by atoms with Gasteiger partial charge in [0.15, 0.2) is 0 Å². The normalized spacial score (nSPS) is 15.4. The fraction of sp³-hybridized carbons (Fsp3) is 0.118. The fourth-order valence-corrected chi connectivity index (χ4v) is 2.58. The van der Waals surface area contributed by atoms with Crippen molar-refractivity contribution in [1.82, 2.24) is 0 Å². The van der Waals surface area contributed by atoms with Gasteiger partial charge in [0.05, 0.1) is 5.69 Å². The van der Waals surface area contributed by atoms with Crippen molar-refractivity contribution in [3.63, 3.8) is 0 Å². The minimum atomic E-state index is -0.0170. The van der Waals surface area contributed by atoms with Crippen LogP contribution in [-0.2, 0) is 11.2 Å². The number of phenols is 1. The summed E-state index contributed by atoms with van der Waals surface area (Å²) in [6, 6.07) is 15.0. The molecule has 0 unspecified atom stereocenters. The van der Waals surface area contributed by atoms with Gasteiger partial charge in [0.2, 0.25) is 5.91 Å². The number of phenolic OH excluding ortho intramolecular Hbond substituents is 1. The summed E-state index contributed by atoms with van der Waals surface area (Å²) in [6.07, 6.45) is 2.57. The van der Waals surface area contributed by atoms with Crippen LogP contribution in [0.15, 0.2) is 54.2 Å². The van der Waals surface area contributed by atoms with Crippen LogP contribution in [0.3, 0.4) is 0 Å². The third kappa shape index (κ3) is 2.07. The molecule has 1 heterocycles. The molecule has 0 saturated heterocycles. The van der Waals surface area contributed by atoms with Gasteiger partial charge in [0, 0.05) is 24.6 Å². The zero-order valence-electron chi connectivity index (χ0n) is 11.2. The van der Waals surface area contributed by atoms with Crippen molar-refractivity contribution in [2.45, 2.75) is 13.3 Å². The van der Waals surface area contributed by atoms with Gasteiger partial charge < -0.3 is 5.11 Å². The van der Waals surface area contributed by atoms with Crippen molar-refractivity contribution < 1.29 is 9.90 Å². The van der Waals surface area contributed by atoms with Crippen LogP contribution in [0.5, 0.6) is 5.75 Å². The van der Waals surface area contributed by atoms with Crippen LogP contribution in [0.1, 0.15) is 18.1 Å². The highest BCUT2D eigenvalue weighted by molar-refractivity contribution is 5.99. The molecule has 0 aliphatic carbocycles. The third-order valence-corrected chi connectivity index (χ3v) is 3.47. The van der Waals surface area contributed by atoms with Crippen molar-refractivity contribution >= 4 is 17.7 Å². The van der Waals surface area contributed by atoms with Crippen LogP contribution < -0.4 is 4.90 Å². The molecule has 3 nitrogen and oxygen atoms in total. The van der Waals surface area contributed by atoms with Crippen LogP contribution in [0, 0.1) is 0 Å². The summed E-state index contributed by atoms with van der Waals surface area (Å²) in [5.41, 5.74) is 3.67. The van der Waals surface area contributed by atoms with Gasteiger partial charge in [-0.25, -0.2) is 0 Å². The summed E-state index contributed by atoms with van der Waals surface area (Å²) in [7, 11) is 0. The van der Waals surface area contributed by atoms with Crippen molar-refractivity contribution in [2.75, 3.05) is 4.90 Å². The summed E-state index contributed by atoms with van der Waals surface area (Å²) in [6.45, 7) is 1.56. The minimum absolute atomic E-state index is 0.0170. The lowest BCUT2D eigenvalue weighted by molar-refractivity contribution is -0.116. The molecule has 1 N–H and O–H groups in total. The predicted octanol–water partition coefficient (Wildman–Crippen LogP) is 3.34. The van der Waals surface area contributed by atoms with Crippen molar-refractivity contribution in [1.29, 1.82) is 0 Å². The maximum atomic E-state index is 11.9. The number of rotatable bonds is 1. The van der Waals surface area contributed by atoms with E-state index in [0.717, 1.165) is 22.5 Å². The molecule has 20 heavy (non-hydrogen) atoms. The average molecular weight is 265 g/mol.